The van der Waals surface area contributed by atoms with E-state index in [9.17, 15) is 4.79 Å². The van der Waals surface area contributed by atoms with Crippen LogP contribution < -0.4 is 9.80 Å². The maximum atomic E-state index is 12.1. The second-order valence-corrected chi connectivity index (χ2v) is 5.03. The molecule has 1 aromatic heterocycles. The zero-order valence-corrected chi connectivity index (χ0v) is 12.4. The lowest BCUT2D eigenvalue weighted by Gasteiger charge is -2.32. The Morgan fingerprint density at radius 3 is 2.40 bits per heavy atom. The van der Waals surface area contributed by atoms with Gasteiger partial charge in [0.05, 0.1) is 26.2 Å². The van der Waals surface area contributed by atoms with E-state index in [0.29, 0.717) is 6.54 Å². The van der Waals surface area contributed by atoms with Gasteiger partial charge in [-0.2, -0.15) is 0 Å². The van der Waals surface area contributed by atoms with Gasteiger partial charge in [0.1, 0.15) is 0 Å². The molecule has 2 rings (SSSR count). The predicted molar refractivity (Wildman–Crippen MR) is 77.7 cm³/mol. The van der Waals surface area contributed by atoms with Gasteiger partial charge in [-0.15, -0.1) is 0 Å². The summed E-state index contributed by atoms with van der Waals surface area (Å²) in [5.74, 6) is 1.05. The van der Waals surface area contributed by atoms with Crippen molar-refractivity contribution >= 4 is 11.9 Å². The Morgan fingerprint density at radius 1 is 1.25 bits per heavy atom. The van der Waals surface area contributed by atoms with Crippen molar-refractivity contribution in [3.63, 3.8) is 0 Å². The lowest BCUT2D eigenvalue weighted by molar-refractivity contribution is -0.892. The summed E-state index contributed by atoms with van der Waals surface area (Å²) in [5.41, 5.74) is 0. The van der Waals surface area contributed by atoms with Gasteiger partial charge in [0, 0.05) is 25.5 Å². The van der Waals surface area contributed by atoms with E-state index in [4.69, 9.17) is 0 Å². The number of carbonyl (C=O) groups excluding carboxylic acids is 1. The molecular formula is C14H24N5O+. The van der Waals surface area contributed by atoms with Gasteiger partial charge in [-0.3, -0.25) is 4.79 Å². The third-order valence-electron chi connectivity index (χ3n) is 3.82. The summed E-state index contributed by atoms with van der Waals surface area (Å²) in [6, 6.07) is 1.83. The molecule has 2 heterocycles. The van der Waals surface area contributed by atoms with Crippen LogP contribution >= 0.6 is 0 Å². The number of piperazine rings is 1. The molecule has 0 aliphatic carbocycles. The van der Waals surface area contributed by atoms with Crippen molar-refractivity contribution in [3.05, 3.63) is 18.5 Å². The fourth-order valence-electron chi connectivity index (χ4n) is 2.56. The average Bonchev–Trinajstić information content (AvgIpc) is 2.50. The molecule has 0 bridgehead atoms. The van der Waals surface area contributed by atoms with Crippen molar-refractivity contribution in [2.24, 2.45) is 0 Å². The second-order valence-electron chi connectivity index (χ2n) is 5.03. The summed E-state index contributed by atoms with van der Waals surface area (Å²) in [5, 5.41) is 0. The minimum absolute atomic E-state index is 0.259. The topological polar surface area (TPSA) is 53.8 Å². The Balaban J connectivity index is 1.81. The number of nitrogens with zero attached hydrogens (tertiary/aromatic N) is 4. The van der Waals surface area contributed by atoms with Crippen LogP contribution in [-0.2, 0) is 4.79 Å². The predicted octanol–water partition coefficient (Wildman–Crippen LogP) is -0.950. The molecule has 110 valence electrons. The van der Waals surface area contributed by atoms with Gasteiger partial charge in [0.25, 0.3) is 5.91 Å². The molecule has 1 amide bonds. The Bertz CT molecular complexity index is 413. The number of carbonyl (C=O) groups is 1. The van der Waals surface area contributed by atoms with E-state index >= 15 is 0 Å². The third-order valence-corrected chi connectivity index (χ3v) is 3.82. The highest BCUT2D eigenvalue weighted by atomic mass is 16.2. The number of aromatic nitrogens is 2. The third kappa shape index (κ3) is 3.66. The van der Waals surface area contributed by atoms with Gasteiger partial charge >= 0.3 is 0 Å². The van der Waals surface area contributed by atoms with Crippen molar-refractivity contribution in [3.8, 4) is 0 Å². The van der Waals surface area contributed by atoms with Gasteiger partial charge in [-0.25, -0.2) is 9.97 Å². The van der Waals surface area contributed by atoms with Crippen molar-refractivity contribution in [1.82, 2.24) is 14.9 Å². The summed E-state index contributed by atoms with van der Waals surface area (Å²) < 4.78 is 0. The fraction of sp³-hybridized carbons (Fsp3) is 0.643. The smallest absolute Gasteiger partial charge is 0.277 e. The van der Waals surface area contributed by atoms with Crippen LogP contribution in [0.1, 0.15) is 13.8 Å². The van der Waals surface area contributed by atoms with Gasteiger partial charge in [-0.05, 0) is 19.9 Å². The van der Waals surface area contributed by atoms with Crippen LogP contribution in [0.15, 0.2) is 18.5 Å². The van der Waals surface area contributed by atoms with E-state index < -0.39 is 0 Å². The average molecular weight is 278 g/mol. The molecule has 1 fully saturated rings. The standard InChI is InChI=1S/C14H23N5O/c1-3-18(4-2)13(20)12-17-8-10-19(11-9-17)14-15-6-5-7-16-14/h5-7H,3-4,8-12H2,1-2H3/p+1. The largest absolute Gasteiger partial charge is 0.338 e. The van der Waals surface area contributed by atoms with Crippen LogP contribution in [0.5, 0.6) is 0 Å². The molecule has 1 N–H and O–H groups in total. The first-order valence-corrected chi connectivity index (χ1v) is 7.37. The van der Waals surface area contributed by atoms with E-state index in [0.717, 1.165) is 45.2 Å². The minimum atomic E-state index is 0.259. The quantitative estimate of drug-likeness (QED) is 0.754. The fourth-order valence-corrected chi connectivity index (χ4v) is 2.56. The zero-order chi connectivity index (χ0) is 14.4. The lowest BCUT2D eigenvalue weighted by Crippen LogP contribution is -3.16. The number of hydrogen-bond donors (Lipinski definition) is 1. The summed E-state index contributed by atoms with van der Waals surface area (Å²) in [4.78, 5) is 26.1. The number of nitrogens with one attached hydrogen (secondary N) is 1. The first-order valence-electron chi connectivity index (χ1n) is 7.37. The van der Waals surface area contributed by atoms with Crippen molar-refractivity contribution in [2.45, 2.75) is 13.8 Å². The van der Waals surface area contributed by atoms with Crippen molar-refractivity contribution in [1.29, 1.82) is 0 Å². The highest BCUT2D eigenvalue weighted by Crippen LogP contribution is 2.03. The number of quaternary nitrogens is 1. The van der Waals surface area contributed by atoms with E-state index in [1.807, 2.05) is 24.8 Å². The zero-order valence-electron chi connectivity index (χ0n) is 12.4. The van der Waals surface area contributed by atoms with Gasteiger partial charge in [0.15, 0.2) is 6.54 Å². The minimum Gasteiger partial charge on any atom is -0.338 e. The molecule has 6 nitrogen and oxygen atoms in total. The molecule has 0 spiro atoms. The Morgan fingerprint density at radius 2 is 1.85 bits per heavy atom. The molecule has 1 aliphatic heterocycles. The van der Waals surface area contributed by atoms with Crippen molar-refractivity contribution in [2.75, 3.05) is 50.7 Å². The van der Waals surface area contributed by atoms with Crippen LogP contribution in [0, 0.1) is 0 Å². The Hall–Kier alpha value is -1.69. The van der Waals surface area contributed by atoms with Crippen LogP contribution in [0.25, 0.3) is 0 Å². The highest BCUT2D eigenvalue weighted by molar-refractivity contribution is 5.77. The summed E-state index contributed by atoms with van der Waals surface area (Å²) in [6.07, 6.45) is 3.54. The number of hydrogen-bond acceptors (Lipinski definition) is 4. The Labute approximate surface area is 120 Å². The summed E-state index contributed by atoms with van der Waals surface area (Å²) in [6.45, 7) is 10.00. The molecule has 0 radical (unpaired) electrons. The summed E-state index contributed by atoms with van der Waals surface area (Å²) >= 11 is 0. The maximum absolute atomic E-state index is 12.1. The van der Waals surface area contributed by atoms with Crippen LogP contribution in [0.3, 0.4) is 0 Å². The van der Waals surface area contributed by atoms with Crippen LogP contribution in [0.2, 0.25) is 0 Å². The summed E-state index contributed by atoms with van der Waals surface area (Å²) in [7, 11) is 0. The number of amides is 1. The molecular weight excluding hydrogens is 254 g/mol. The van der Waals surface area contributed by atoms with Gasteiger partial charge in [-0.1, -0.05) is 0 Å². The van der Waals surface area contributed by atoms with Crippen LogP contribution in [-0.4, -0.2) is 66.6 Å². The molecule has 20 heavy (non-hydrogen) atoms. The number of anilines is 1. The first kappa shape index (κ1) is 14.7. The molecule has 0 atom stereocenters. The van der Waals surface area contributed by atoms with Crippen molar-refractivity contribution < 1.29 is 9.69 Å². The molecule has 0 unspecified atom stereocenters. The number of likely N-dealkylation sites (N-methyl/N-ethyl adjacent to an activating group) is 1. The SMILES string of the molecule is CCN(CC)C(=O)C[NH+]1CCN(c2ncccn2)CC1. The molecule has 1 aliphatic rings. The van der Waals surface area contributed by atoms with E-state index in [1.165, 1.54) is 4.90 Å². The first-order chi connectivity index (χ1) is 9.74. The normalized spacial score (nSPS) is 16.2. The second kappa shape index (κ2) is 7.19. The van der Waals surface area contributed by atoms with Crippen LogP contribution in [0.4, 0.5) is 5.95 Å². The van der Waals surface area contributed by atoms with E-state index in [-0.39, 0.29) is 5.91 Å². The number of rotatable bonds is 5. The van der Waals surface area contributed by atoms with E-state index in [2.05, 4.69) is 14.9 Å². The lowest BCUT2D eigenvalue weighted by atomic mass is 10.3. The van der Waals surface area contributed by atoms with Gasteiger partial charge < -0.3 is 14.7 Å². The van der Waals surface area contributed by atoms with E-state index in [1.54, 1.807) is 12.4 Å². The van der Waals surface area contributed by atoms with Gasteiger partial charge in [0.2, 0.25) is 5.95 Å². The monoisotopic (exact) mass is 278 g/mol. The molecule has 6 heteroatoms. The molecule has 0 saturated carbocycles. The molecule has 0 aromatic carbocycles. The molecule has 1 aromatic rings. The molecule has 1 saturated heterocycles. The highest BCUT2D eigenvalue weighted by Gasteiger charge is 2.24. The Kier molecular flexibility index (Phi) is 5.29. The maximum Gasteiger partial charge on any atom is 0.277 e.